The lowest BCUT2D eigenvalue weighted by Gasteiger charge is -1.99. The van der Waals surface area contributed by atoms with Crippen LogP contribution in [0.5, 0.6) is 0 Å². The Morgan fingerprint density at radius 1 is 1.47 bits per heavy atom. The number of carbonyl (C=O) groups is 1. The van der Waals surface area contributed by atoms with Crippen LogP contribution in [0.3, 0.4) is 0 Å². The van der Waals surface area contributed by atoms with E-state index in [0.29, 0.717) is 5.89 Å². The number of aliphatic carboxylic acids is 1. The summed E-state index contributed by atoms with van der Waals surface area (Å²) in [5.41, 5.74) is 0.813. The zero-order valence-corrected chi connectivity index (χ0v) is 12.8. The first kappa shape index (κ1) is 14.1. The van der Waals surface area contributed by atoms with Gasteiger partial charge in [-0.15, -0.1) is 10.2 Å². The van der Waals surface area contributed by atoms with Gasteiger partial charge in [0.15, 0.2) is 0 Å². The normalized spacial score (nSPS) is 11.6. The second-order valence-corrected chi connectivity index (χ2v) is 5.80. The number of rotatable bonds is 4. The van der Waals surface area contributed by atoms with Gasteiger partial charge in [-0.25, -0.2) is 4.79 Å². The number of carboxylic acid groups (broad SMARTS) is 1. The van der Waals surface area contributed by atoms with E-state index in [4.69, 9.17) is 4.42 Å². The summed E-state index contributed by atoms with van der Waals surface area (Å²) in [6, 6.07) is 7.54. The molecule has 19 heavy (non-hydrogen) atoms. The Bertz CT molecular complexity index is 639. The Hall–Kier alpha value is -1.35. The third kappa shape index (κ3) is 4.06. The van der Waals surface area contributed by atoms with E-state index in [-0.39, 0.29) is 10.1 Å². The Labute approximate surface area is 127 Å². The molecule has 2 aromatic rings. The van der Waals surface area contributed by atoms with Gasteiger partial charge >= 0.3 is 5.97 Å². The fraction of sp³-hybridized carbons (Fsp3) is 0.0833. The first-order valence-electron chi connectivity index (χ1n) is 5.23. The molecule has 5 nitrogen and oxygen atoms in total. The summed E-state index contributed by atoms with van der Waals surface area (Å²) < 4.78 is 6.20. The van der Waals surface area contributed by atoms with Gasteiger partial charge in [0.1, 0.15) is 4.91 Å². The van der Waals surface area contributed by atoms with Crippen LogP contribution >= 0.6 is 34.4 Å². The van der Waals surface area contributed by atoms with Crippen molar-refractivity contribution in [1.82, 2.24) is 10.2 Å². The number of aromatic nitrogens is 2. The minimum atomic E-state index is -1.03. The molecule has 0 aliphatic carbocycles. The van der Waals surface area contributed by atoms with Gasteiger partial charge in [-0.3, -0.25) is 0 Å². The maximum Gasteiger partial charge on any atom is 0.342 e. The van der Waals surface area contributed by atoms with E-state index in [1.807, 2.05) is 24.3 Å². The van der Waals surface area contributed by atoms with Crippen molar-refractivity contribution in [3.63, 3.8) is 0 Å². The number of hydrogen-bond acceptors (Lipinski definition) is 5. The number of halogens is 1. The van der Waals surface area contributed by atoms with E-state index >= 15 is 0 Å². The van der Waals surface area contributed by atoms with Crippen molar-refractivity contribution in [3.8, 4) is 0 Å². The summed E-state index contributed by atoms with van der Waals surface area (Å²) in [7, 11) is 0. The fourth-order valence-electron chi connectivity index (χ4n) is 1.30. The maximum absolute atomic E-state index is 11.2. The second-order valence-electron chi connectivity index (χ2n) is 3.56. The predicted molar refractivity (Wildman–Crippen MR) is 79.7 cm³/mol. The average Bonchev–Trinajstić information content (AvgIpc) is 2.74. The minimum Gasteiger partial charge on any atom is -0.477 e. The molecular weight excluding hydrogens is 379 g/mol. The van der Waals surface area contributed by atoms with Crippen LogP contribution in [0.15, 0.2) is 38.8 Å². The number of hydrogen-bond donors (Lipinski definition) is 1. The van der Waals surface area contributed by atoms with Crippen molar-refractivity contribution in [2.24, 2.45) is 0 Å². The van der Waals surface area contributed by atoms with Crippen molar-refractivity contribution >= 4 is 46.4 Å². The van der Waals surface area contributed by atoms with Gasteiger partial charge in [0.25, 0.3) is 5.22 Å². The molecule has 0 bridgehead atoms. The summed E-state index contributed by atoms with van der Waals surface area (Å²) in [5, 5.41) is 16.8. The first-order valence-corrected chi connectivity index (χ1v) is 7.12. The first-order chi connectivity index (χ1) is 9.04. The average molecular weight is 388 g/mol. The van der Waals surface area contributed by atoms with Crippen molar-refractivity contribution < 1.29 is 14.3 Å². The summed E-state index contributed by atoms with van der Waals surface area (Å²) >= 11 is 3.11. The van der Waals surface area contributed by atoms with Crippen LogP contribution in [0.1, 0.15) is 11.5 Å². The lowest BCUT2D eigenvalue weighted by molar-refractivity contribution is -0.131. The van der Waals surface area contributed by atoms with Gasteiger partial charge in [0.05, 0.1) is 0 Å². The standard InChI is InChI=1S/C12H9IN2O3S/c1-7-14-15-12(18-7)19-10(11(16)17)6-8-3-2-4-9(13)5-8/h2-6H,1H3,(H,16,17)/b10-6-. The van der Waals surface area contributed by atoms with E-state index in [9.17, 15) is 9.90 Å². The lowest BCUT2D eigenvalue weighted by atomic mass is 10.2. The molecule has 7 heteroatoms. The smallest absolute Gasteiger partial charge is 0.342 e. The Kier molecular flexibility index (Phi) is 4.59. The number of thioether (sulfide) groups is 1. The molecule has 0 spiro atoms. The fourth-order valence-corrected chi connectivity index (χ4v) is 2.58. The molecule has 1 N–H and O–H groups in total. The summed E-state index contributed by atoms with van der Waals surface area (Å²) in [4.78, 5) is 11.3. The highest BCUT2D eigenvalue weighted by Gasteiger charge is 2.14. The van der Waals surface area contributed by atoms with Gasteiger partial charge in [0, 0.05) is 10.5 Å². The predicted octanol–water partition coefficient (Wildman–Crippen LogP) is 3.20. The number of carboxylic acids is 1. The molecule has 1 aromatic heterocycles. The molecule has 0 radical (unpaired) electrons. The number of nitrogens with zero attached hydrogens (tertiary/aromatic N) is 2. The van der Waals surface area contributed by atoms with Crippen LogP contribution in [0.2, 0.25) is 0 Å². The summed E-state index contributed by atoms with van der Waals surface area (Å²) in [6.07, 6.45) is 1.58. The van der Waals surface area contributed by atoms with Crippen molar-refractivity contribution in [2.45, 2.75) is 12.1 Å². The highest BCUT2D eigenvalue weighted by molar-refractivity contribution is 14.1. The third-order valence-electron chi connectivity index (χ3n) is 2.06. The van der Waals surface area contributed by atoms with Crippen molar-refractivity contribution in [3.05, 3.63) is 44.2 Å². The monoisotopic (exact) mass is 388 g/mol. The third-order valence-corrected chi connectivity index (χ3v) is 3.58. The largest absolute Gasteiger partial charge is 0.477 e. The molecule has 0 unspecified atom stereocenters. The van der Waals surface area contributed by atoms with Crippen LogP contribution in [0.25, 0.3) is 6.08 Å². The SMILES string of the molecule is Cc1nnc(S/C(=C\c2cccc(I)c2)C(=O)O)o1. The molecule has 0 saturated heterocycles. The minimum absolute atomic E-state index is 0.130. The van der Waals surface area contributed by atoms with Crippen LogP contribution in [0.4, 0.5) is 0 Å². The quantitative estimate of drug-likeness (QED) is 0.493. The molecule has 0 aliphatic rings. The maximum atomic E-state index is 11.2. The molecule has 0 atom stereocenters. The van der Waals surface area contributed by atoms with Crippen LogP contribution in [-0.4, -0.2) is 21.3 Å². The van der Waals surface area contributed by atoms with Gasteiger partial charge in [-0.1, -0.05) is 12.1 Å². The van der Waals surface area contributed by atoms with Crippen LogP contribution < -0.4 is 0 Å². The molecule has 0 fully saturated rings. The van der Waals surface area contributed by atoms with Gasteiger partial charge in [-0.2, -0.15) is 0 Å². The highest BCUT2D eigenvalue weighted by Crippen LogP contribution is 2.27. The van der Waals surface area contributed by atoms with E-state index in [1.54, 1.807) is 13.0 Å². The Balaban J connectivity index is 2.27. The summed E-state index contributed by atoms with van der Waals surface area (Å²) in [5.74, 6) is -0.624. The summed E-state index contributed by atoms with van der Waals surface area (Å²) in [6.45, 7) is 1.65. The second kappa shape index (κ2) is 6.20. The lowest BCUT2D eigenvalue weighted by Crippen LogP contribution is -1.96. The van der Waals surface area contributed by atoms with Gasteiger partial charge in [0.2, 0.25) is 5.89 Å². The molecule has 2 rings (SSSR count). The molecule has 0 aliphatic heterocycles. The molecule has 0 saturated carbocycles. The van der Waals surface area contributed by atoms with E-state index in [0.717, 1.165) is 20.9 Å². The number of aryl methyl sites for hydroxylation is 1. The van der Waals surface area contributed by atoms with Crippen molar-refractivity contribution in [2.75, 3.05) is 0 Å². The molecule has 1 heterocycles. The van der Waals surface area contributed by atoms with Crippen molar-refractivity contribution in [1.29, 1.82) is 0 Å². The molecule has 1 aromatic carbocycles. The van der Waals surface area contributed by atoms with E-state index < -0.39 is 5.97 Å². The van der Waals surface area contributed by atoms with Gasteiger partial charge < -0.3 is 9.52 Å². The molecule has 98 valence electrons. The van der Waals surface area contributed by atoms with Gasteiger partial charge in [-0.05, 0) is 58.1 Å². The van der Waals surface area contributed by atoms with Crippen LogP contribution in [0, 0.1) is 10.5 Å². The molecular formula is C12H9IN2O3S. The number of benzene rings is 1. The van der Waals surface area contributed by atoms with E-state index in [1.165, 1.54) is 0 Å². The van der Waals surface area contributed by atoms with Crippen LogP contribution in [-0.2, 0) is 4.79 Å². The Morgan fingerprint density at radius 2 is 2.26 bits per heavy atom. The topological polar surface area (TPSA) is 76.2 Å². The van der Waals surface area contributed by atoms with E-state index in [2.05, 4.69) is 32.8 Å². The zero-order valence-electron chi connectivity index (χ0n) is 9.83. The Morgan fingerprint density at radius 3 is 2.84 bits per heavy atom. The highest BCUT2D eigenvalue weighted by atomic mass is 127. The zero-order chi connectivity index (χ0) is 13.8. The molecule has 0 amide bonds.